The average molecular weight is 442 g/mol. The monoisotopic (exact) mass is 441 g/mol. The second-order valence-corrected chi connectivity index (χ2v) is 9.64. The topological polar surface area (TPSA) is 91.7 Å². The first-order valence-electron chi connectivity index (χ1n) is 9.85. The minimum Gasteiger partial charge on any atom is -0.468 e. The second-order valence-electron chi connectivity index (χ2n) is 7.82. The van der Waals surface area contributed by atoms with E-state index in [9.17, 15) is 18.0 Å². The van der Waals surface area contributed by atoms with E-state index >= 15 is 0 Å². The molecule has 1 aliphatic rings. The van der Waals surface area contributed by atoms with Crippen LogP contribution in [0.5, 0.6) is 0 Å². The van der Waals surface area contributed by atoms with Gasteiger partial charge in [-0.05, 0) is 55.5 Å². The van der Waals surface area contributed by atoms with Crippen molar-refractivity contribution in [1.82, 2.24) is 3.97 Å². The minimum atomic E-state index is -3.81. The Bertz CT molecular complexity index is 1270. The number of methoxy groups -OCH3 is 2. The Kier molecular flexibility index (Phi) is 5.13. The van der Waals surface area contributed by atoms with Crippen LogP contribution >= 0.6 is 0 Å². The van der Waals surface area contributed by atoms with Gasteiger partial charge in [0.2, 0.25) is 0 Å². The summed E-state index contributed by atoms with van der Waals surface area (Å²) in [5.74, 6) is -1.30. The van der Waals surface area contributed by atoms with E-state index in [-0.39, 0.29) is 17.7 Å². The van der Waals surface area contributed by atoms with Gasteiger partial charge < -0.3 is 9.47 Å². The summed E-state index contributed by atoms with van der Waals surface area (Å²) in [4.78, 5) is 25.5. The van der Waals surface area contributed by atoms with Gasteiger partial charge in [0.05, 0.1) is 24.6 Å². The molecule has 4 rings (SSSR count). The third-order valence-corrected chi connectivity index (χ3v) is 7.69. The molecule has 0 saturated heterocycles. The van der Waals surface area contributed by atoms with E-state index in [4.69, 9.17) is 9.47 Å². The molecular weight excluding hydrogens is 418 g/mol. The zero-order valence-electron chi connectivity index (χ0n) is 17.5. The van der Waals surface area contributed by atoms with E-state index < -0.39 is 27.4 Å². The van der Waals surface area contributed by atoms with Gasteiger partial charge in [0.1, 0.15) is 0 Å². The maximum Gasteiger partial charge on any atom is 0.323 e. The van der Waals surface area contributed by atoms with E-state index in [2.05, 4.69) is 0 Å². The second kappa shape index (κ2) is 7.53. The van der Waals surface area contributed by atoms with Crippen LogP contribution in [-0.2, 0) is 41.9 Å². The number of aromatic nitrogens is 1. The molecule has 0 aliphatic heterocycles. The molecule has 0 spiro atoms. The zero-order valence-corrected chi connectivity index (χ0v) is 18.4. The van der Waals surface area contributed by atoms with Crippen molar-refractivity contribution in [2.24, 2.45) is 5.41 Å². The lowest BCUT2D eigenvalue weighted by molar-refractivity contribution is -0.169. The van der Waals surface area contributed by atoms with Gasteiger partial charge in [-0.25, -0.2) is 12.4 Å². The summed E-state index contributed by atoms with van der Waals surface area (Å²) < 4.78 is 37.9. The largest absolute Gasteiger partial charge is 0.468 e. The van der Waals surface area contributed by atoms with Crippen molar-refractivity contribution in [3.05, 3.63) is 65.4 Å². The Morgan fingerprint density at radius 2 is 1.61 bits per heavy atom. The molecule has 8 heteroatoms. The summed E-state index contributed by atoms with van der Waals surface area (Å²) in [5, 5.41) is 0.743. The van der Waals surface area contributed by atoms with Crippen molar-refractivity contribution in [3.63, 3.8) is 0 Å². The molecule has 3 aromatic rings. The van der Waals surface area contributed by atoms with Gasteiger partial charge in [0, 0.05) is 11.6 Å². The molecule has 0 radical (unpaired) electrons. The first-order chi connectivity index (χ1) is 14.7. The van der Waals surface area contributed by atoms with Crippen molar-refractivity contribution >= 4 is 32.9 Å². The van der Waals surface area contributed by atoms with E-state index in [1.54, 1.807) is 48.7 Å². The van der Waals surface area contributed by atoms with Gasteiger partial charge in [-0.15, -0.1) is 0 Å². The van der Waals surface area contributed by atoms with Crippen LogP contribution in [0.1, 0.15) is 23.1 Å². The number of benzene rings is 2. The molecule has 1 heterocycles. The van der Waals surface area contributed by atoms with Crippen LogP contribution in [0.3, 0.4) is 0 Å². The number of ether oxygens (including phenoxy) is 2. The van der Waals surface area contributed by atoms with Gasteiger partial charge in [-0.3, -0.25) is 9.59 Å². The Morgan fingerprint density at radius 1 is 0.968 bits per heavy atom. The SMILES string of the molecule is COC(=O)C1(C(=O)OC)CCc2cn(S(=O)(=O)c3ccc(C)cc3)c3cccc(c23)C1. The molecule has 1 aromatic heterocycles. The first-order valence-corrected chi connectivity index (χ1v) is 11.3. The summed E-state index contributed by atoms with van der Waals surface area (Å²) >= 11 is 0. The third-order valence-electron chi connectivity index (χ3n) is 6.00. The predicted molar refractivity (Wildman–Crippen MR) is 114 cm³/mol. The summed E-state index contributed by atoms with van der Waals surface area (Å²) in [6.45, 7) is 1.90. The van der Waals surface area contributed by atoms with Crippen molar-refractivity contribution in [1.29, 1.82) is 0 Å². The summed E-state index contributed by atoms with van der Waals surface area (Å²) in [5.41, 5.74) is 1.48. The highest BCUT2D eigenvalue weighted by atomic mass is 32.2. The molecule has 0 atom stereocenters. The molecule has 162 valence electrons. The summed E-state index contributed by atoms with van der Waals surface area (Å²) in [7, 11) is -1.32. The summed E-state index contributed by atoms with van der Waals surface area (Å²) in [6.07, 6.45) is 2.15. The van der Waals surface area contributed by atoms with Crippen molar-refractivity contribution in [2.45, 2.75) is 31.1 Å². The molecule has 2 aromatic carbocycles. The lowest BCUT2D eigenvalue weighted by atomic mass is 9.78. The maximum atomic E-state index is 13.4. The van der Waals surface area contributed by atoms with Crippen LogP contribution in [0.2, 0.25) is 0 Å². The highest BCUT2D eigenvalue weighted by molar-refractivity contribution is 7.90. The average Bonchev–Trinajstić information content (AvgIpc) is 3.07. The molecular formula is C23H23NO6S. The summed E-state index contributed by atoms with van der Waals surface area (Å²) in [6, 6.07) is 12.0. The van der Waals surface area contributed by atoms with Crippen LogP contribution in [0.15, 0.2) is 53.6 Å². The smallest absolute Gasteiger partial charge is 0.323 e. The maximum absolute atomic E-state index is 13.4. The van der Waals surface area contributed by atoms with E-state index in [1.807, 2.05) is 6.92 Å². The Morgan fingerprint density at radius 3 is 2.23 bits per heavy atom. The van der Waals surface area contributed by atoms with Gasteiger partial charge in [0.25, 0.3) is 10.0 Å². The van der Waals surface area contributed by atoms with Crippen LogP contribution in [0.4, 0.5) is 0 Å². The van der Waals surface area contributed by atoms with E-state index in [1.165, 1.54) is 18.2 Å². The molecule has 0 fully saturated rings. The molecule has 0 unspecified atom stereocenters. The Hall–Kier alpha value is -3.13. The molecule has 1 aliphatic carbocycles. The van der Waals surface area contributed by atoms with Crippen LogP contribution in [-0.4, -0.2) is 38.5 Å². The first kappa shape index (κ1) is 21.1. The fraction of sp³-hybridized carbons (Fsp3) is 0.304. The number of carbonyl (C=O) groups excluding carboxylic acids is 2. The molecule has 31 heavy (non-hydrogen) atoms. The van der Waals surface area contributed by atoms with Gasteiger partial charge >= 0.3 is 11.9 Å². The standard InChI is InChI=1S/C23H23NO6S/c1-15-7-9-18(10-8-15)31(27,28)24-14-17-11-12-23(21(25)29-2,22(26)30-3)13-16-5-4-6-19(24)20(16)17/h4-10,14H,11-13H2,1-3H3. The van der Waals surface area contributed by atoms with Crippen molar-refractivity contribution in [3.8, 4) is 0 Å². The molecule has 0 N–H and O–H groups in total. The van der Waals surface area contributed by atoms with Crippen LogP contribution in [0, 0.1) is 12.3 Å². The number of carbonyl (C=O) groups is 2. The highest BCUT2D eigenvalue weighted by Gasteiger charge is 2.49. The fourth-order valence-electron chi connectivity index (χ4n) is 4.36. The Labute approximate surface area is 180 Å². The number of aryl methyl sites for hydroxylation is 2. The quantitative estimate of drug-likeness (QED) is 0.457. The van der Waals surface area contributed by atoms with Gasteiger partial charge in [0.15, 0.2) is 5.41 Å². The number of nitrogens with zero attached hydrogens (tertiary/aromatic N) is 1. The van der Waals surface area contributed by atoms with Crippen molar-refractivity contribution < 1.29 is 27.5 Å². The third kappa shape index (κ3) is 3.22. The number of rotatable bonds is 4. The Balaban J connectivity index is 1.90. The minimum absolute atomic E-state index is 0.0747. The van der Waals surface area contributed by atoms with Gasteiger partial charge in [-0.1, -0.05) is 29.8 Å². The highest BCUT2D eigenvalue weighted by Crippen LogP contribution is 2.41. The van der Waals surface area contributed by atoms with Gasteiger partial charge in [-0.2, -0.15) is 0 Å². The lowest BCUT2D eigenvalue weighted by Gasteiger charge is -2.27. The molecule has 7 nitrogen and oxygen atoms in total. The number of hydrogen-bond donors (Lipinski definition) is 0. The van der Waals surface area contributed by atoms with E-state index in [0.717, 1.165) is 16.5 Å². The fourth-order valence-corrected chi connectivity index (χ4v) is 5.74. The zero-order chi connectivity index (χ0) is 22.4. The molecule has 0 saturated carbocycles. The lowest BCUT2D eigenvalue weighted by Crippen LogP contribution is -2.43. The molecule has 0 bridgehead atoms. The van der Waals surface area contributed by atoms with Crippen LogP contribution < -0.4 is 0 Å². The normalized spacial score (nSPS) is 15.3. The molecule has 0 amide bonds. The van der Waals surface area contributed by atoms with Crippen molar-refractivity contribution in [2.75, 3.05) is 14.2 Å². The number of esters is 2. The van der Waals surface area contributed by atoms with E-state index in [0.29, 0.717) is 17.5 Å². The van der Waals surface area contributed by atoms with Crippen LogP contribution in [0.25, 0.3) is 10.9 Å². The predicted octanol–water partition coefficient (Wildman–Crippen LogP) is 3.01. The number of hydrogen-bond acceptors (Lipinski definition) is 6.